The van der Waals surface area contributed by atoms with Gasteiger partial charge in [0.1, 0.15) is 23.9 Å². The minimum Gasteiger partial charge on any atom is -0.485 e. The first kappa shape index (κ1) is 24.3. The van der Waals surface area contributed by atoms with E-state index in [1.165, 1.54) is 18.2 Å². The van der Waals surface area contributed by atoms with E-state index >= 15 is 0 Å². The predicted molar refractivity (Wildman–Crippen MR) is 136 cm³/mol. The second-order valence-corrected chi connectivity index (χ2v) is 8.88. The highest BCUT2D eigenvalue weighted by Crippen LogP contribution is 2.26. The van der Waals surface area contributed by atoms with Crippen molar-refractivity contribution in [3.63, 3.8) is 0 Å². The van der Waals surface area contributed by atoms with Crippen molar-refractivity contribution in [1.82, 2.24) is 19.7 Å². The maximum absolute atomic E-state index is 14.1. The molecule has 0 aliphatic heterocycles. The molecule has 3 heterocycles. The van der Waals surface area contributed by atoms with Crippen LogP contribution in [0, 0.1) is 25.5 Å². The summed E-state index contributed by atoms with van der Waals surface area (Å²) in [5, 5.41) is 3.87. The summed E-state index contributed by atoms with van der Waals surface area (Å²) in [5.74, 6) is -1.42. The molecule has 5 rings (SSSR count). The number of aryl methyl sites for hydroxylation is 2. The number of nitrogens with zero attached hydrogens (tertiary/aromatic N) is 3. The Morgan fingerprint density at radius 2 is 1.89 bits per heavy atom. The molecule has 2 aromatic carbocycles. The van der Waals surface area contributed by atoms with E-state index in [0.717, 1.165) is 22.0 Å². The minimum absolute atomic E-state index is 0.179. The summed E-state index contributed by atoms with van der Waals surface area (Å²) in [5.41, 5.74) is 9.90. The zero-order valence-electron chi connectivity index (χ0n) is 20.3. The number of carbonyl (C=O) groups excluding carboxylic acids is 1. The number of fused-ring (bicyclic) bond motifs is 2. The van der Waals surface area contributed by atoms with Crippen molar-refractivity contribution in [3.8, 4) is 5.75 Å². The number of halogens is 2. The van der Waals surface area contributed by atoms with E-state index in [4.69, 9.17) is 10.5 Å². The summed E-state index contributed by atoms with van der Waals surface area (Å²) in [6.45, 7) is 3.44. The first-order valence-electron chi connectivity index (χ1n) is 11.8. The molecule has 1 amide bonds. The molecule has 0 spiro atoms. The van der Waals surface area contributed by atoms with E-state index in [1.54, 1.807) is 29.8 Å². The summed E-state index contributed by atoms with van der Waals surface area (Å²) in [6.07, 6.45) is 3.49. The Morgan fingerprint density at radius 3 is 2.68 bits per heavy atom. The molecule has 3 N–H and O–H groups in total. The molecular weight excluding hydrogens is 476 g/mol. The maximum atomic E-state index is 14.1. The van der Waals surface area contributed by atoms with Crippen LogP contribution in [0.25, 0.3) is 16.6 Å². The van der Waals surface area contributed by atoms with Gasteiger partial charge in [-0.3, -0.25) is 14.2 Å². The molecule has 0 saturated carbocycles. The summed E-state index contributed by atoms with van der Waals surface area (Å²) in [7, 11) is 0. The highest BCUT2D eigenvalue weighted by Gasteiger charge is 2.21. The van der Waals surface area contributed by atoms with Gasteiger partial charge in [0, 0.05) is 30.4 Å². The summed E-state index contributed by atoms with van der Waals surface area (Å²) < 4.78 is 35.5. The van der Waals surface area contributed by atoms with Gasteiger partial charge in [0.25, 0.3) is 5.91 Å². The van der Waals surface area contributed by atoms with E-state index in [-0.39, 0.29) is 24.6 Å². The fourth-order valence-electron chi connectivity index (χ4n) is 4.29. The molecule has 1 unspecified atom stereocenters. The maximum Gasteiger partial charge on any atom is 0.270 e. The monoisotopic (exact) mass is 501 g/mol. The van der Waals surface area contributed by atoms with E-state index in [1.807, 2.05) is 37.3 Å². The Morgan fingerprint density at radius 1 is 1.11 bits per heavy atom. The largest absolute Gasteiger partial charge is 0.485 e. The number of amides is 1. The van der Waals surface area contributed by atoms with E-state index < -0.39 is 17.7 Å². The third-order valence-corrected chi connectivity index (χ3v) is 6.18. The molecule has 1 atom stereocenters. The topological polar surface area (TPSA) is 94.5 Å². The quantitative estimate of drug-likeness (QED) is 0.335. The average Bonchev–Trinajstić information content (AvgIpc) is 3.22. The molecule has 0 saturated heterocycles. The minimum atomic E-state index is -0.692. The van der Waals surface area contributed by atoms with Crippen LogP contribution < -0.4 is 15.8 Å². The summed E-state index contributed by atoms with van der Waals surface area (Å²) in [6, 6.07) is 14.5. The van der Waals surface area contributed by atoms with Crippen molar-refractivity contribution >= 4 is 22.5 Å². The van der Waals surface area contributed by atoms with Gasteiger partial charge >= 0.3 is 0 Å². The molecule has 0 aliphatic rings. The molecule has 188 valence electrons. The Hall–Kier alpha value is -4.37. The number of aromatic nitrogens is 3. The Balaban J connectivity index is 1.36. The number of benzene rings is 2. The number of imidazole rings is 1. The van der Waals surface area contributed by atoms with Gasteiger partial charge < -0.3 is 15.8 Å². The molecule has 0 radical (unpaired) electrons. The van der Waals surface area contributed by atoms with Gasteiger partial charge in [0.15, 0.2) is 11.4 Å². The van der Waals surface area contributed by atoms with Crippen LogP contribution in [0.15, 0.2) is 67.0 Å². The van der Waals surface area contributed by atoms with Crippen LogP contribution in [0.2, 0.25) is 0 Å². The Bertz CT molecular complexity index is 1610. The second-order valence-electron chi connectivity index (χ2n) is 8.88. The van der Waals surface area contributed by atoms with Gasteiger partial charge in [-0.25, -0.2) is 13.8 Å². The van der Waals surface area contributed by atoms with Crippen LogP contribution in [0.5, 0.6) is 5.75 Å². The first-order chi connectivity index (χ1) is 17.8. The van der Waals surface area contributed by atoms with Gasteiger partial charge in [-0.05, 0) is 61.4 Å². The van der Waals surface area contributed by atoms with Crippen molar-refractivity contribution in [3.05, 3.63) is 107 Å². The zero-order chi connectivity index (χ0) is 26.1. The standard InChI is InChI=1S/C28H25F2N5O2/c1-16-11-25(37-15-20-21(29)6-3-7-22(20)30)27-34-17(2)26(35(27)14-16)28(36)33-13-23(31)18-8-9-24-19(12-18)5-4-10-32-24/h3-12,14,23H,13,15,31H2,1-2H3,(H,33,36). The summed E-state index contributed by atoms with van der Waals surface area (Å²) >= 11 is 0. The third-order valence-electron chi connectivity index (χ3n) is 6.18. The molecule has 3 aromatic heterocycles. The fourth-order valence-corrected chi connectivity index (χ4v) is 4.29. The van der Waals surface area contributed by atoms with Crippen molar-refractivity contribution in [1.29, 1.82) is 0 Å². The van der Waals surface area contributed by atoms with Gasteiger partial charge in [-0.2, -0.15) is 0 Å². The molecule has 0 fully saturated rings. The normalized spacial score (nSPS) is 12.1. The highest BCUT2D eigenvalue weighted by molar-refractivity contribution is 5.95. The van der Waals surface area contributed by atoms with E-state index in [0.29, 0.717) is 22.8 Å². The number of carbonyl (C=O) groups is 1. The number of pyridine rings is 2. The summed E-state index contributed by atoms with van der Waals surface area (Å²) in [4.78, 5) is 22.0. The van der Waals surface area contributed by atoms with Crippen LogP contribution in [-0.2, 0) is 6.61 Å². The lowest BCUT2D eigenvalue weighted by Crippen LogP contribution is -2.33. The molecule has 9 heteroatoms. The first-order valence-corrected chi connectivity index (χ1v) is 11.8. The predicted octanol–water partition coefficient (Wildman–Crippen LogP) is 4.79. The van der Waals surface area contributed by atoms with Crippen LogP contribution in [-0.4, -0.2) is 26.8 Å². The molecular formula is C28H25F2N5O2. The molecule has 0 bridgehead atoms. The van der Waals surface area contributed by atoms with Crippen molar-refractivity contribution in [2.75, 3.05) is 6.54 Å². The lowest BCUT2D eigenvalue weighted by Gasteiger charge is -2.14. The van der Waals surface area contributed by atoms with Gasteiger partial charge in [0.05, 0.1) is 16.8 Å². The van der Waals surface area contributed by atoms with Gasteiger partial charge in [-0.15, -0.1) is 0 Å². The fraction of sp³-hybridized carbons (Fsp3) is 0.179. The van der Waals surface area contributed by atoms with Crippen molar-refractivity contribution in [2.24, 2.45) is 5.73 Å². The van der Waals surface area contributed by atoms with Crippen molar-refractivity contribution in [2.45, 2.75) is 26.5 Å². The number of rotatable bonds is 7. The lowest BCUT2D eigenvalue weighted by atomic mass is 10.0. The number of nitrogens with two attached hydrogens (primary N) is 1. The van der Waals surface area contributed by atoms with Gasteiger partial charge in [-0.1, -0.05) is 18.2 Å². The van der Waals surface area contributed by atoms with Crippen LogP contribution in [0.4, 0.5) is 8.78 Å². The molecule has 37 heavy (non-hydrogen) atoms. The molecule has 5 aromatic rings. The molecule has 0 aliphatic carbocycles. The highest BCUT2D eigenvalue weighted by atomic mass is 19.1. The second kappa shape index (κ2) is 9.94. The third kappa shape index (κ3) is 4.85. The Kier molecular flexibility index (Phi) is 6.54. The number of ether oxygens (including phenoxy) is 1. The zero-order valence-corrected chi connectivity index (χ0v) is 20.3. The molecule has 7 nitrogen and oxygen atoms in total. The number of nitrogens with one attached hydrogen (secondary N) is 1. The Labute approximate surface area is 211 Å². The van der Waals surface area contributed by atoms with Crippen molar-refractivity contribution < 1.29 is 18.3 Å². The van der Waals surface area contributed by atoms with E-state index in [9.17, 15) is 13.6 Å². The lowest BCUT2D eigenvalue weighted by molar-refractivity contribution is 0.0944. The van der Waals surface area contributed by atoms with Crippen LogP contribution in [0.1, 0.15) is 38.9 Å². The smallest absolute Gasteiger partial charge is 0.270 e. The average molecular weight is 502 g/mol. The SMILES string of the molecule is Cc1cc(OCc2c(F)cccc2F)c2nc(C)c(C(=O)NCC(N)c3ccc4ncccc4c3)n2c1. The van der Waals surface area contributed by atoms with Crippen LogP contribution in [0.3, 0.4) is 0 Å². The van der Waals surface area contributed by atoms with Crippen LogP contribution >= 0.6 is 0 Å². The number of hydrogen-bond donors (Lipinski definition) is 2. The van der Waals surface area contributed by atoms with E-state index in [2.05, 4.69) is 15.3 Å². The van der Waals surface area contributed by atoms with Gasteiger partial charge in [0.2, 0.25) is 0 Å². The number of hydrogen-bond acceptors (Lipinski definition) is 5.